The molecule has 2 aliphatic rings. The summed E-state index contributed by atoms with van der Waals surface area (Å²) >= 11 is 8.06. The molecule has 2 saturated heterocycles. The molecule has 1 aromatic carbocycles. The zero-order valence-corrected chi connectivity index (χ0v) is 11.9. The molecular weight excluding hydrogens is 282 g/mol. The number of amides is 2. The van der Waals surface area contributed by atoms with Crippen LogP contribution in [0.5, 0.6) is 0 Å². The smallest absolute Gasteiger partial charge is 0.234 e. The molecular formula is C14H14ClNO2S. The fourth-order valence-corrected chi connectivity index (χ4v) is 4.88. The maximum atomic E-state index is 12.3. The van der Waals surface area contributed by atoms with Crippen LogP contribution in [0.15, 0.2) is 24.3 Å². The average molecular weight is 296 g/mol. The van der Waals surface area contributed by atoms with Gasteiger partial charge in [0, 0.05) is 22.6 Å². The molecule has 0 saturated carbocycles. The monoisotopic (exact) mass is 295 g/mol. The van der Waals surface area contributed by atoms with Crippen LogP contribution in [0.3, 0.4) is 0 Å². The summed E-state index contributed by atoms with van der Waals surface area (Å²) in [6.45, 7) is 0. The lowest BCUT2D eigenvalue weighted by molar-refractivity contribution is -0.139. The van der Waals surface area contributed by atoms with Crippen molar-refractivity contribution in [3.8, 4) is 0 Å². The highest BCUT2D eigenvalue weighted by Crippen LogP contribution is 2.52. The number of carbonyl (C=O) groups is 2. The lowest BCUT2D eigenvalue weighted by atomic mass is 9.67. The molecule has 0 aliphatic carbocycles. The Kier molecular flexibility index (Phi) is 3.31. The van der Waals surface area contributed by atoms with Crippen molar-refractivity contribution in [1.29, 1.82) is 0 Å². The van der Waals surface area contributed by atoms with Crippen LogP contribution in [0, 0.1) is 5.41 Å². The number of thioether (sulfide) groups is 1. The van der Waals surface area contributed by atoms with Crippen LogP contribution in [0.2, 0.25) is 5.02 Å². The zero-order valence-electron chi connectivity index (χ0n) is 10.3. The predicted octanol–water partition coefficient (Wildman–Crippen LogP) is 2.59. The summed E-state index contributed by atoms with van der Waals surface area (Å²) in [6, 6.07) is 7.44. The second-order valence-electron chi connectivity index (χ2n) is 5.21. The van der Waals surface area contributed by atoms with E-state index in [9.17, 15) is 9.59 Å². The molecule has 2 aliphatic heterocycles. The van der Waals surface area contributed by atoms with Gasteiger partial charge in [-0.15, -0.1) is 0 Å². The van der Waals surface area contributed by atoms with Gasteiger partial charge < -0.3 is 0 Å². The van der Waals surface area contributed by atoms with Crippen LogP contribution in [-0.2, 0) is 9.59 Å². The minimum atomic E-state index is -0.311. The second kappa shape index (κ2) is 4.84. The largest absolute Gasteiger partial charge is 0.296 e. The van der Waals surface area contributed by atoms with Crippen LogP contribution in [0.25, 0.3) is 0 Å². The van der Waals surface area contributed by atoms with E-state index in [-0.39, 0.29) is 23.1 Å². The molecule has 100 valence electrons. The quantitative estimate of drug-likeness (QED) is 0.810. The first-order valence-electron chi connectivity index (χ1n) is 6.28. The molecule has 1 spiro atoms. The van der Waals surface area contributed by atoms with E-state index in [0.717, 1.165) is 23.5 Å². The van der Waals surface area contributed by atoms with Gasteiger partial charge in [-0.05, 0) is 23.8 Å². The molecule has 5 heteroatoms. The summed E-state index contributed by atoms with van der Waals surface area (Å²) in [5, 5.41) is 3.07. The van der Waals surface area contributed by atoms with Crippen molar-refractivity contribution >= 4 is 35.2 Å². The third-order valence-electron chi connectivity index (χ3n) is 4.00. The first kappa shape index (κ1) is 13.0. The van der Waals surface area contributed by atoms with E-state index in [4.69, 9.17) is 11.6 Å². The molecule has 0 radical (unpaired) electrons. The van der Waals surface area contributed by atoms with E-state index in [1.807, 2.05) is 30.0 Å². The Balaban J connectivity index is 2.08. The van der Waals surface area contributed by atoms with Gasteiger partial charge in [-0.25, -0.2) is 0 Å². The van der Waals surface area contributed by atoms with E-state index in [1.54, 1.807) is 6.07 Å². The second-order valence-corrected chi connectivity index (χ2v) is 6.72. The van der Waals surface area contributed by atoms with Crippen molar-refractivity contribution in [3.05, 3.63) is 34.9 Å². The molecule has 2 amide bonds. The molecule has 2 atom stereocenters. The van der Waals surface area contributed by atoms with Crippen molar-refractivity contribution in [2.45, 2.75) is 18.8 Å². The average Bonchev–Trinajstić information content (AvgIpc) is 2.79. The molecule has 2 unspecified atom stereocenters. The van der Waals surface area contributed by atoms with Gasteiger partial charge in [0.25, 0.3) is 0 Å². The summed E-state index contributed by atoms with van der Waals surface area (Å²) < 4.78 is 0. The van der Waals surface area contributed by atoms with Crippen molar-refractivity contribution in [3.63, 3.8) is 0 Å². The van der Waals surface area contributed by atoms with Crippen LogP contribution < -0.4 is 5.32 Å². The molecule has 19 heavy (non-hydrogen) atoms. The molecule has 0 bridgehead atoms. The SMILES string of the molecule is O=C1CC2(CCSC2)C(c2ccccc2Cl)C(=O)N1. The molecule has 3 nitrogen and oxygen atoms in total. The number of hydrogen-bond acceptors (Lipinski definition) is 3. The van der Waals surface area contributed by atoms with Gasteiger partial charge in [-0.3, -0.25) is 14.9 Å². The molecule has 2 heterocycles. The number of nitrogens with one attached hydrogen (secondary N) is 1. The van der Waals surface area contributed by atoms with E-state index in [2.05, 4.69) is 5.32 Å². The van der Waals surface area contributed by atoms with E-state index >= 15 is 0 Å². The fourth-order valence-electron chi connectivity index (χ4n) is 3.12. The van der Waals surface area contributed by atoms with Crippen LogP contribution in [-0.4, -0.2) is 23.3 Å². The Morgan fingerprint density at radius 2 is 2.11 bits per heavy atom. The fraction of sp³-hybridized carbons (Fsp3) is 0.429. The summed E-state index contributed by atoms with van der Waals surface area (Å²) in [5.74, 6) is 1.18. The number of piperidine rings is 1. The lowest BCUT2D eigenvalue weighted by Gasteiger charge is -2.39. The first-order chi connectivity index (χ1) is 9.12. The van der Waals surface area contributed by atoms with Crippen LogP contribution in [0.4, 0.5) is 0 Å². The molecule has 3 rings (SSSR count). The number of hydrogen-bond donors (Lipinski definition) is 1. The minimum Gasteiger partial charge on any atom is -0.296 e. The highest BCUT2D eigenvalue weighted by molar-refractivity contribution is 7.99. The summed E-state index contributed by atoms with van der Waals surface area (Å²) in [6.07, 6.45) is 1.31. The maximum absolute atomic E-state index is 12.3. The Morgan fingerprint density at radius 3 is 2.79 bits per heavy atom. The summed E-state index contributed by atoms with van der Waals surface area (Å²) in [7, 11) is 0. The third kappa shape index (κ3) is 2.17. The summed E-state index contributed by atoms with van der Waals surface area (Å²) in [5.41, 5.74) is 0.589. The van der Waals surface area contributed by atoms with Gasteiger partial charge in [0.2, 0.25) is 11.8 Å². The van der Waals surface area contributed by atoms with Crippen LogP contribution >= 0.6 is 23.4 Å². The molecule has 1 aromatic rings. The standard InChI is InChI=1S/C14H14ClNO2S/c15-10-4-2-1-3-9(10)12-13(18)16-11(17)7-14(12)5-6-19-8-14/h1-4,12H,5-8H2,(H,16,17,18). The van der Waals surface area contributed by atoms with Gasteiger partial charge in [-0.2, -0.15) is 11.8 Å². The maximum Gasteiger partial charge on any atom is 0.234 e. The van der Waals surface area contributed by atoms with Crippen molar-refractivity contribution in [2.24, 2.45) is 5.41 Å². The van der Waals surface area contributed by atoms with Crippen LogP contribution in [0.1, 0.15) is 24.3 Å². The highest BCUT2D eigenvalue weighted by Gasteiger charge is 2.51. The number of imide groups is 1. The third-order valence-corrected chi connectivity index (χ3v) is 5.62. The van der Waals surface area contributed by atoms with Crippen molar-refractivity contribution in [1.82, 2.24) is 5.32 Å². The Morgan fingerprint density at radius 1 is 1.32 bits per heavy atom. The molecule has 2 fully saturated rings. The predicted molar refractivity (Wildman–Crippen MR) is 76.3 cm³/mol. The Labute approximate surface area is 121 Å². The normalized spacial score (nSPS) is 30.7. The number of benzene rings is 1. The number of carbonyl (C=O) groups excluding carboxylic acids is 2. The minimum absolute atomic E-state index is 0.157. The Hall–Kier alpha value is -1.00. The van der Waals surface area contributed by atoms with Gasteiger partial charge in [0.15, 0.2) is 0 Å². The van der Waals surface area contributed by atoms with E-state index in [1.165, 1.54) is 0 Å². The van der Waals surface area contributed by atoms with Gasteiger partial charge >= 0.3 is 0 Å². The van der Waals surface area contributed by atoms with Gasteiger partial charge in [-0.1, -0.05) is 29.8 Å². The lowest BCUT2D eigenvalue weighted by Crippen LogP contribution is -2.51. The van der Waals surface area contributed by atoms with Crippen molar-refractivity contribution < 1.29 is 9.59 Å². The first-order valence-corrected chi connectivity index (χ1v) is 7.81. The van der Waals surface area contributed by atoms with Gasteiger partial charge in [0.1, 0.15) is 0 Å². The van der Waals surface area contributed by atoms with E-state index in [0.29, 0.717) is 11.4 Å². The molecule has 1 N–H and O–H groups in total. The summed E-state index contributed by atoms with van der Waals surface area (Å²) in [4.78, 5) is 24.0. The highest BCUT2D eigenvalue weighted by atomic mass is 35.5. The van der Waals surface area contributed by atoms with E-state index < -0.39 is 0 Å². The number of halogens is 1. The van der Waals surface area contributed by atoms with Gasteiger partial charge in [0.05, 0.1) is 5.92 Å². The number of rotatable bonds is 1. The Bertz CT molecular complexity index is 540. The van der Waals surface area contributed by atoms with Crippen molar-refractivity contribution in [2.75, 3.05) is 11.5 Å². The topological polar surface area (TPSA) is 46.2 Å². The molecule has 0 aromatic heterocycles. The zero-order chi connectivity index (χ0) is 13.5.